The van der Waals surface area contributed by atoms with Crippen molar-refractivity contribution in [2.45, 2.75) is 20.3 Å². The van der Waals surface area contributed by atoms with Gasteiger partial charge in [-0.2, -0.15) is 0 Å². The SMILES string of the molecule is CC(=O)CC(=O)Nc1nc2c(C)cc(Cl)cc2s1. The number of hydrogen-bond donors (Lipinski definition) is 1. The summed E-state index contributed by atoms with van der Waals surface area (Å²) in [4.78, 5) is 26.6. The number of nitrogens with one attached hydrogen (secondary N) is 1. The van der Waals surface area contributed by atoms with Gasteiger partial charge in [-0.15, -0.1) is 0 Å². The number of anilines is 1. The lowest BCUT2D eigenvalue weighted by molar-refractivity contribution is -0.124. The van der Waals surface area contributed by atoms with Crippen LogP contribution in [0.1, 0.15) is 18.9 Å². The van der Waals surface area contributed by atoms with Crippen molar-refractivity contribution in [2.75, 3.05) is 5.32 Å². The molecule has 2 rings (SSSR count). The number of carbonyl (C=O) groups is 2. The Morgan fingerprint density at radius 1 is 1.44 bits per heavy atom. The third kappa shape index (κ3) is 2.86. The molecule has 1 N–H and O–H groups in total. The maximum Gasteiger partial charge on any atom is 0.233 e. The third-order valence-electron chi connectivity index (χ3n) is 2.31. The summed E-state index contributed by atoms with van der Waals surface area (Å²) in [6, 6.07) is 3.63. The largest absolute Gasteiger partial charge is 0.302 e. The average Bonchev–Trinajstić information content (AvgIpc) is 2.58. The van der Waals surface area contributed by atoms with Gasteiger partial charge in [-0.25, -0.2) is 4.98 Å². The standard InChI is InChI=1S/C12H11ClN2O2S/c1-6-3-8(13)5-9-11(6)15-12(18-9)14-10(17)4-7(2)16/h3,5H,4H2,1-2H3,(H,14,15,17). The zero-order chi connectivity index (χ0) is 13.3. The van der Waals surface area contributed by atoms with E-state index in [0.29, 0.717) is 10.2 Å². The third-order valence-corrected chi connectivity index (χ3v) is 3.44. The van der Waals surface area contributed by atoms with Crippen LogP contribution in [-0.4, -0.2) is 16.7 Å². The number of nitrogens with zero attached hydrogens (tertiary/aromatic N) is 1. The van der Waals surface area contributed by atoms with E-state index < -0.39 is 0 Å². The van der Waals surface area contributed by atoms with Crippen molar-refractivity contribution in [1.29, 1.82) is 0 Å². The van der Waals surface area contributed by atoms with Gasteiger partial charge in [0.25, 0.3) is 0 Å². The van der Waals surface area contributed by atoms with Crippen LogP contribution in [0.5, 0.6) is 0 Å². The summed E-state index contributed by atoms with van der Waals surface area (Å²) < 4.78 is 0.915. The van der Waals surface area contributed by atoms with Gasteiger partial charge in [0, 0.05) is 5.02 Å². The number of carbonyl (C=O) groups excluding carboxylic acids is 2. The maximum absolute atomic E-state index is 11.5. The Morgan fingerprint density at radius 3 is 2.83 bits per heavy atom. The Labute approximate surface area is 113 Å². The van der Waals surface area contributed by atoms with E-state index in [-0.39, 0.29) is 18.1 Å². The fourth-order valence-electron chi connectivity index (χ4n) is 1.60. The molecule has 1 aromatic carbocycles. The molecule has 0 fully saturated rings. The number of Topliss-reactive ketones (excluding diaryl/α,β-unsaturated/α-hetero) is 1. The Bertz CT molecular complexity index is 636. The quantitative estimate of drug-likeness (QED) is 0.880. The Balaban J connectivity index is 2.28. The lowest BCUT2D eigenvalue weighted by Crippen LogP contribution is -2.14. The van der Waals surface area contributed by atoms with Gasteiger partial charge in [-0.3, -0.25) is 9.59 Å². The molecule has 2 aromatic rings. The summed E-state index contributed by atoms with van der Waals surface area (Å²) in [6.07, 6.45) is -0.129. The van der Waals surface area contributed by atoms with Crippen molar-refractivity contribution in [2.24, 2.45) is 0 Å². The average molecular weight is 283 g/mol. The van der Waals surface area contributed by atoms with E-state index >= 15 is 0 Å². The maximum atomic E-state index is 11.5. The molecule has 0 atom stereocenters. The first-order valence-electron chi connectivity index (χ1n) is 5.31. The molecule has 0 bridgehead atoms. The van der Waals surface area contributed by atoms with Crippen molar-refractivity contribution in [1.82, 2.24) is 4.98 Å². The van der Waals surface area contributed by atoms with Crippen LogP contribution >= 0.6 is 22.9 Å². The number of rotatable bonds is 3. The van der Waals surface area contributed by atoms with E-state index in [9.17, 15) is 9.59 Å². The zero-order valence-electron chi connectivity index (χ0n) is 9.91. The number of fused-ring (bicyclic) bond motifs is 1. The van der Waals surface area contributed by atoms with Crippen molar-refractivity contribution in [3.05, 3.63) is 22.7 Å². The lowest BCUT2D eigenvalue weighted by atomic mass is 10.2. The molecular weight excluding hydrogens is 272 g/mol. The van der Waals surface area contributed by atoms with Gasteiger partial charge in [0.05, 0.1) is 16.6 Å². The first-order chi connectivity index (χ1) is 8.45. The molecule has 0 unspecified atom stereocenters. The van der Waals surface area contributed by atoms with Crippen molar-refractivity contribution in [3.8, 4) is 0 Å². The van der Waals surface area contributed by atoms with Gasteiger partial charge in [-0.1, -0.05) is 22.9 Å². The van der Waals surface area contributed by atoms with Crippen LogP contribution in [0.3, 0.4) is 0 Å². The summed E-state index contributed by atoms with van der Waals surface area (Å²) >= 11 is 7.30. The van der Waals surface area contributed by atoms with Gasteiger partial charge in [0.15, 0.2) is 5.13 Å². The van der Waals surface area contributed by atoms with Crippen LogP contribution in [0.15, 0.2) is 12.1 Å². The number of thiazole rings is 1. The fourth-order valence-corrected chi connectivity index (χ4v) is 2.93. The minimum atomic E-state index is -0.342. The van der Waals surface area contributed by atoms with Crippen LogP contribution in [0.2, 0.25) is 5.02 Å². The van der Waals surface area contributed by atoms with Gasteiger partial charge in [0.2, 0.25) is 5.91 Å². The molecule has 94 valence electrons. The minimum Gasteiger partial charge on any atom is -0.302 e. The highest BCUT2D eigenvalue weighted by molar-refractivity contribution is 7.22. The van der Waals surface area contributed by atoms with Crippen LogP contribution in [0, 0.1) is 6.92 Å². The highest BCUT2D eigenvalue weighted by Gasteiger charge is 2.11. The highest BCUT2D eigenvalue weighted by atomic mass is 35.5. The van der Waals surface area contributed by atoms with E-state index in [2.05, 4.69) is 10.3 Å². The first-order valence-corrected chi connectivity index (χ1v) is 6.51. The lowest BCUT2D eigenvalue weighted by Gasteiger charge is -1.97. The Kier molecular flexibility index (Phi) is 3.63. The number of aromatic nitrogens is 1. The van der Waals surface area contributed by atoms with Crippen LogP contribution in [0.4, 0.5) is 5.13 Å². The van der Waals surface area contributed by atoms with E-state index in [1.165, 1.54) is 18.3 Å². The number of hydrogen-bond acceptors (Lipinski definition) is 4. The second-order valence-corrected chi connectivity index (χ2v) is 5.48. The van der Waals surface area contributed by atoms with E-state index in [4.69, 9.17) is 11.6 Å². The van der Waals surface area contributed by atoms with Crippen LogP contribution < -0.4 is 5.32 Å². The molecular formula is C12H11ClN2O2S. The molecule has 0 aliphatic heterocycles. The molecule has 0 radical (unpaired) electrons. The molecule has 1 heterocycles. The molecule has 0 spiro atoms. The summed E-state index contributed by atoms with van der Waals surface area (Å²) in [5.74, 6) is -0.516. The minimum absolute atomic E-state index is 0.129. The topological polar surface area (TPSA) is 59.1 Å². The summed E-state index contributed by atoms with van der Waals surface area (Å²) in [5.41, 5.74) is 1.78. The normalized spacial score (nSPS) is 10.6. The van der Waals surface area contributed by atoms with Gasteiger partial charge in [-0.05, 0) is 31.5 Å². The summed E-state index contributed by atoms with van der Waals surface area (Å²) in [7, 11) is 0. The highest BCUT2D eigenvalue weighted by Crippen LogP contribution is 2.30. The second kappa shape index (κ2) is 5.04. The summed E-state index contributed by atoms with van der Waals surface area (Å²) in [6.45, 7) is 3.29. The van der Waals surface area contributed by atoms with Crippen LogP contribution in [0.25, 0.3) is 10.2 Å². The molecule has 0 saturated carbocycles. The molecule has 0 aliphatic carbocycles. The van der Waals surface area contributed by atoms with Gasteiger partial charge >= 0.3 is 0 Å². The Hall–Kier alpha value is -1.46. The molecule has 1 aromatic heterocycles. The van der Waals surface area contributed by atoms with E-state index in [1.54, 1.807) is 0 Å². The Morgan fingerprint density at radius 2 is 2.17 bits per heavy atom. The number of ketones is 1. The molecule has 4 nitrogen and oxygen atoms in total. The number of halogens is 1. The van der Waals surface area contributed by atoms with E-state index in [1.807, 2.05) is 19.1 Å². The molecule has 0 saturated heterocycles. The van der Waals surface area contributed by atoms with Crippen molar-refractivity contribution in [3.63, 3.8) is 0 Å². The number of aryl methyl sites for hydroxylation is 1. The predicted octanol–water partition coefficient (Wildman–Crippen LogP) is 3.18. The molecule has 18 heavy (non-hydrogen) atoms. The fraction of sp³-hybridized carbons (Fsp3) is 0.250. The second-order valence-electron chi connectivity index (χ2n) is 4.02. The summed E-state index contributed by atoms with van der Waals surface area (Å²) in [5, 5.41) is 3.75. The monoisotopic (exact) mass is 282 g/mol. The van der Waals surface area contributed by atoms with Crippen LogP contribution in [-0.2, 0) is 9.59 Å². The van der Waals surface area contributed by atoms with Crippen molar-refractivity contribution < 1.29 is 9.59 Å². The molecule has 1 amide bonds. The van der Waals surface area contributed by atoms with Gasteiger partial charge in [0.1, 0.15) is 5.78 Å². The van der Waals surface area contributed by atoms with E-state index in [0.717, 1.165) is 15.8 Å². The molecule has 6 heteroatoms. The first kappa shape index (κ1) is 13.0. The number of amides is 1. The smallest absolute Gasteiger partial charge is 0.233 e. The predicted molar refractivity (Wildman–Crippen MR) is 73.3 cm³/mol. The number of benzene rings is 1. The zero-order valence-corrected chi connectivity index (χ0v) is 11.5. The van der Waals surface area contributed by atoms with Crippen molar-refractivity contribution >= 4 is 50.0 Å². The van der Waals surface area contributed by atoms with Gasteiger partial charge < -0.3 is 5.32 Å². The molecule has 0 aliphatic rings.